The molecule has 1 fully saturated rings. The van der Waals surface area contributed by atoms with Crippen LogP contribution in [0.25, 0.3) is 16.6 Å². The van der Waals surface area contributed by atoms with Crippen LogP contribution in [0.3, 0.4) is 0 Å². The van der Waals surface area contributed by atoms with Crippen molar-refractivity contribution < 1.29 is 9.31 Å². The molecule has 5 nitrogen and oxygen atoms in total. The third kappa shape index (κ3) is 2.42. The summed E-state index contributed by atoms with van der Waals surface area (Å²) in [6.07, 6.45) is 5.54. The molecule has 0 saturated carbocycles. The zero-order valence-corrected chi connectivity index (χ0v) is 14.4. The summed E-state index contributed by atoms with van der Waals surface area (Å²) in [7, 11) is -0.358. The Morgan fingerprint density at radius 3 is 2.29 bits per heavy atom. The average Bonchev–Trinajstić information content (AvgIpc) is 3.06. The van der Waals surface area contributed by atoms with Crippen LogP contribution in [0.4, 0.5) is 0 Å². The van der Waals surface area contributed by atoms with E-state index in [1.807, 2.05) is 35.1 Å². The van der Waals surface area contributed by atoms with Gasteiger partial charge in [-0.15, -0.1) is 0 Å². The molecule has 3 aromatic rings. The maximum atomic E-state index is 6.13. The van der Waals surface area contributed by atoms with Gasteiger partial charge in [-0.3, -0.25) is 4.98 Å². The van der Waals surface area contributed by atoms with E-state index in [4.69, 9.17) is 9.31 Å². The summed E-state index contributed by atoms with van der Waals surface area (Å²) in [5.41, 5.74) is 2.25. The Bertz CT molecular complexity index is 874. The van der Waals surface area contributed by atoms with Gasteiger partial charge in [0.05, 0.1) is 22.4 Å². The predicted octanol–water partition coefficient (Wildman–Crippen LogP) is 2.72. The molecule has 122 valence electrons. The summed E-state index contributed by atoms with van der Waals surface area (Å²) in [4.78, 5) is 4.04. The fraction of sp³-hybridized carbons (Fsp3) is 0.333. The van der Waals surface area contributed by atoms with Crippen molar-refractivity contribution >= 4 is 23.5 Å². The van der Waals surface area contributed by atoms with Crippen molar-refractivity contribution in [2.45, 2.75) is 38.9 Å². The van der Waals surface area contributed by atoms with E-state index in [2.05, 4.69) is 43.8 Å². The van der Waals surface area contributed by atoms with Crippen molar-refractivity contribution in [1.29, 1.82) is 0 Å². The van der Waals surface area contributed by atoms with Crippen LogP contribution in [0.5, 0.6) is 0 Å². The molecule has 1 aromatic carbocycles. The van der Waals surface area contributed by atoms with E-state index in [9.17, 15) is 0 Å². The molecule has 0 unspecified atom stereocenters. The van der Waals surface area contributed by atoms with Crippen LogP contribution in [-0.2, 0) is 9.31 Å². The molecule has 0 aliphatic carbocycles. The van der Waals surface area contributed by atoms with Crippen LogP contribution in [0.2, 0.25) is 0 Å². The molecule has 0 amide bonds. The van der Waals surface area contributed by atoms with Gasteiger partial charge in [-0.1, -0.05) is 12.1 Å². The highest BCUT2D eigenvalue weighted by Gasteiger charge is 2.51. The summed E-state index contributed by atoms with van der Waals surface area (Å²) in [6, 6.07) is 9.98. The van der Waals surface area contributed by atoms with Gasteiger partial charge in [-0.25, -0.2) is 4.68 Å². The van der Waals surface area contributed by atoms with Crippen LogP contribution in [0, 0.1) is 0 Å². The van der Waals surface area contributed by atoms with E-state index in [1.54, 1.807) is 12.4 Å². The van der Waals surface area contributed by atoms with Crippen molar-refractivity contribution in [1.82, 2.24) is 14.8 Å². The standard InChI is InChI=1S/C18H20BN3O2/c1-17(2)18(3,4)24-19(23-17)14-5-6-16-13(11-14)12-22(21-16)15-7-9-20-10-8-15/h5-12H,1-4H3. The van der Waals surface area contributed by atoms with E-state index in [0.717, 1.165) is 22.1 Å². The minimum Gasteiger partial charge on any atom is -0.399 e. The smallest absolute Gasteiger partial charge is 0.399 e. The van der Waals surface area contributed by atoms with Crippen LogP contribution in [-0.4, -0.2) is 33.1 Å². The van der Waals surface area contributed by atoms with E-state index in [0.29, 0.717) is 0 Å². The molecule has 1 aliphatic heterocycles. The normalized spacial score (nSPS) is 19.1. The molecule has 2 aromatic heterocycles. The Morgan fingerprint density at radius 2 is 1.62 bits per heavy atom. The van der Waals surface area contributed by atoms with Crippen molar-refractivity contribution in [2.24, 2.45) is 0 Å². The summed E-state index contributed by atoms with van der Waals surface area (Å²) in [5.74, 6) is 0. The Kier molecular flexibility index (Phi) is 3.30. The van der Waals surface area contributed by atoms with Gasteiger partial charge in [-0.05, 0) is 51.4 Å². The lowest BCUT2D eigenvalue weighted by atomic mass is 9.79. The minimum atomic E-state index is -0.358. The molecule has 0 radical (unpaired) electrons. The maximum absolute atomic E-state index is 6.13. The number of rotatable bonds is 2. The van der Waals surface area contributed by atoms with Gasteiger partial charge >= 0.3 is 7.12 Å². The first-order chi connectivity index (χ1) is 11.4. The first-order valence-electron chi connectivity index (χ1n) is 8.11. The zero-order chi connectivity index (χ0) is 16.9. The summed E-state index contributed by atoms with van der Waals surface area (Å²) in [5, 5.41) is 5.67. The number of fused-ring (bicyclic) bond motifs is 1. The molecule has 4 rings (SSSR count). The van der Waals surface area contributed by atoms with Crippen molar-refractivity contribution in [3.05, 3.63) is 48.9 Å². The molecule has 6 heteroatoms. The molecule has 0 N–H and O–H groups in total. The first kappa shape index (κ1) is 15.4. The molecule has 0 bridgehead atoms. The fourth-order valence-corrected chi connectivity index (χ4v) is 2.80. The molecule has 24 heavy (non-hydrogen) atoms. The van der Waals surface area contributed by atoms with Crippen LogP contribution >= 0.6 is 0 Å². The lowest BCUT2D eigenvalue weighted by Crippen LogP contribution is -2.41. The van der Waals surface area contributed by atoms with Crippen molar-refractivity contribution in [3.8, 4) is 5.69 Å². The molecule has 1 aliphatic rings. The second-order valence-electron chi connectivity index (χ2n) is 7.19. The second kappa shape index (κ2) is 5.16. The first-order valence-corrected chi connectivity index (χ1v) is 8.11. The Hall–Kier alpha value is -2.18. The van der Waals surface area contributed by atoms with Crippen LogP contribution in [0.1, 0.15) is 27.7 Å². The Balaban J connectivity index is 1.70. The number of nitrogens with zero attached hydrogens (tertiary/aromatic N) is 3. The quantitative estimate of drug-likeness (QED) is 0.681. The summed E-state index contributed by atoms with van der Waals surface area (Å²) in [6.45, 7) is 8.25. The average molecular weight is 321 g/mol. The Labute approximate surface area is 141 Å². The zero-order valence-electron chi connectivity index (χ0n) is 14.4. The number of hydrogen-bond donors (Lipinski definition) is 0. The monoisotopic (exact) mass is 321 g/mol. The third-order valence-electron chi connectivity index (χ3n) is 4.98. The highest BCUT2D eigenvalue weighted by molar-refractivity contribution is 6.62. The van der Waals surface area contributed by atoms with Crippen molar-refractivity contribution in [2.75, 3.05) is 0 Å². The van der Waals surface area contributed by atoms with E-state index < -0.39 is 0 Å². The largest absolute Gasteiger partial charge is 0.494 e. The highest BCUT2D eigenvalue weighted by atomic mass is 16.7. The van der Waals surface area contributed by atoms with Gasteiger partial charge in [0.25, 0.3) is 0 Å². The lowest BCUT2D eigenvalue weighted by Gasteiger charge is -2.32. The topological polar surface area (TPSA) is 49.2 Å². The SMILES string of the molecule is CC1(C)OB(c2ccc3nn(-c4ccncc4)cc3c2)OC1(C)C. The van der Waals surface area contributed by atoms with Gasteiger partial charge in [0, 0.05) is 24.0 Å². The number of pyridine rings is 1. The fourth-order valence-electron chi connectivity index (χ4n) is 2.80. The molecule has 3 heterocycles. The minimum absolute atomic E-state index is 0.339. The highest BCUT2D eigenvalue weighted by Crippen LogP contribution is 2.36. The van der Waals surface area contributed by atoms with Gasteiger partial charge in [-0.2, -0.15) is 5.10 Å². The second-order valence-corrected chi connectivity index (χ2v) is 7.19. The summed E-state index contributed by atoms with van der Waals surface area (Å²) < 4.78 is 14.1. The lowest BCUT2D eigenvalue weighted by molar-refractivity contribution is 0.00578. The van der Waals surface area contributed by atoms with Crippen LogP contribution in [0.15, 0.2) is 48.9 Å². The van der Waals surface area contributed by atoms with E-state index >= 15 is 0 Å². The molecular formula is C18H20BN3O2. The molecule has 0 atom stereocenters. The van der Waals surface area contributed by atoms with E-state index in [1.165, 1.54) is 0 Å². The van der Waals surface area contributed by atoms with Gasteiger partial charge in [0.15, 0.2) is 0 Å². The number of aromatic nitrogens is 3. The molecule has 0 spiro atoms. The molecular weight excluding hydrogens is 301 g/mol. The van der Waals surface area contributed by atoms with Crippen molar-refractivity contribution in [3.63, 3.8) is 0 Å². The third-order valence-corrected chi connectivity index (χ3v) is 4.98. The van der Waals surface area contributed by atoms with Gasteiger partial charge in [0.1, 0.15) is 0 Å². The maximum Gasteiger partial charge on any atom is 0.494 e. The number of benzene rings is 1. The predicted molar refractivity (Wildman–Crippen MR) is 94.6 cm³/mol. The van der Waals surface area contributed by atoms with E-state index in [-0.39, 0.29) is 18.3 Å². The summed E-state index contributed by atoms with van der Waals surface area (Å²) >= 11 is 0. The Morgan fingerprint density at radius 1 is 0.958 bits per heavy atom. The van der Waals surface area contributed by atoms with Crippen LogP contribution < -0.4 is 5.46 Å². The van der Waals surface area contributed by atoms with Gasteiger partial charge < -0.3 is 9.31 Å². The van der Waals surface area contributed by atoms with Gasteiger partial charge in [0.2, 0.25) is 0 Å². The molecule has 1 saturated heterocycles. The number of hydrogen-bond acceptors (Lipinski definition) is 4.